The number of hydrazine groups is 1. The highest BCUT2D eigenvalue weighted by Crippen LogP contribution is 2.24. The summed E-state index contributed by atoms with van der Waals surface area (Å²) in [5.74, 6) is -0.210. The second-order valence-electron chi connectivity index (χ2n) is 5.38. The molecule has 0 bridgehead atoms. The lowest BCUT2D eigenvalue weighted by molar-refractivity contribution is -0.143. The van der Waals surface area contributed by atoms with Crippen LogP contribution in [0.15, 0.2) is 42.5 Å². The van der Waals surface area contributed by atoms with E-state index in [-0.39, 0.29) is 18.5 Å². The Bertz CT molecular complexity index is 727. The van der Waals surface area contributed by atoms with Crippen LogP contribution in [0.25, 0.3) is 10.8 Å². The molecule has 23 heavy (non-hydrogen) atoms. The molecule has 120 valence electrons. The predicted octanol–water partition coefficient (Wildman–Crippen LogP) is 2.47. The van der Waals surface area contributed by atoms with Crippen LogP contribution in [0.3, 0.4) is 0 Å². The van der Waals surface area contributed by atoms with Crippen molar-refractivity contribution in [1.82, 2.24) is 10.0 Å². The molecule has 0 unspecified atom stereocenters. The maximum Gasteiger partial charge on any atom is 0.340 e. The van der Waals surface area contributed by atoms with E-state index in [0.717, 1.165) is 22.9 Å². The van der Waals surface area contributed by atoms with Crippen molar-refractivity contribution in [3.05, 3.63) is 42.5 Å². The van der Waals surface area contributed by atoms with Gasteiger partial charge in [0.15, 0.2) is 0 Å². The van der Waals surface area contributed by atoms with Crippen molar-refractivity contribution in [2.45, 2.75) is 6.42 Å². The van der Waals surface area contributed by atoms with E-state index in [1.807, 2.05) is 42.5 Å². The Labute approximate surface area is 134 Å². The number of urea groups is 1. The van der Waals surface area contributed by atoms with Gasteiger partial charge >= 0.3 is 6.03 Å². The third-order valence-electron chi connectivity index (χ3n) is 3.85. The molecule has 1 heterocycles. The molecular weight excluding hydrogens is 294 g/mol. The van der Waals surface area contributed by atoms with E-state index in [1.165, 1.54) is 17.1 Å². The van der Waals surface area contributed by atoms with Gasteiger partial charge in [0.05, 0.1) is 5.69 Å². The Balaban J connectivity index is 1.79. The Morgan fingerprint density at radius 2 is 1.83 bits per heavy atom. The Morgan fingerprint density at radius 1 is 1.09 bits per heavy atom. The van der Waals surface area contributed by atoms with Crippen LogP contribution in [0.2, 0.25) is 0 Å². The highest BCUT2D eigenvalue weighted by atomic mass is 16.5. The number of hydrogen-bond donors (Lipinski definition) is 1. The molecule has 0 saturated carbocycles. The van der Waals surface area contributed by atoms with Gasteiger partial charge in [-0.25, -0.2) is 14.8 Å². The number of nitrogens with one attached hydrogen (secondary N) is 1. The first-order valence-electron chi connectivity index (χ1n) is 7.56. The number of rotatable bonds is 3. The van der Waals surface area contributed by atoms with Crippen LogP contribution in [-0.4, -0.2) is 48.8 Å². The fraction of sp³-hybridized carbons (Fsp3) is 0.294. The van der Waals surface area contributed by atoms with Crippen molar-refractivity contribution in [2.24, 2.45) is 0 Å². The summed E-state index contributed by atoms with van der Waals surface area (Å²) in [5.41, 5.74) is 0.735. The molecule has 2 aromatic carbocycles. The van der Waals surface area contributed by atoms with Crippen LogP contribution in [0.5, 0.6) is 0 Å². The van der Waals surface area contributed by atoms with Crippen molar-refractivity contribution in [3.63, 3.8) is 0 Å². The van der Waals surface area contributed by atoms with E-state index in [2.05, 4.69) is 5.32 Å². The van der Waals surface area contributed by atoms with E-state index in [0.29, 0.717) is 13.1 Å². The van der Waals surface area contributed by atoms with Crippen LogP contribution < -0.4 is 5.32 Å². The minimum Gasteiger partial charge on any atom is -0.375 e. The monoisotopic (exact) mass is 313 g/mol. The number of fused-ring (bicyclic) bond motifs is 1. The van der Waals surface area contributed by atoms with Crippen LogP contribution in [0.4, 0.5) is 10.5 Å². The summed E-state index contributed by atoms with van der Waals surface area (Å²) in [4.78, 5) is 24.6. The van der Waals surface area contributed by atoms with Gasteiger partial charge in [-0.2, -0.15) is 0 Å². The van der Waals surface area contributed by atoms with Crippen molar-refractivity contribution in [3.8, 4) is 0 Å². The molecule has 1 saturated heterocycles. The number of amides is 3. The molecule has 0 aliphatic carbocycles. The first kappa shape index (κ1) is 15.3. The van der Waals surface area contributed by atoms with Gasteiger partial charge in [0.25, 0.3) is 5.91 Å². The molecule has 0 spiro atoms. The van der Waals surface area contributed by atoms with Crippen LogP contribution in [-0.2, 0) is 9.53 Å². The van der Waals surface area contributed by atoms with E-state index < -0.39 is 0 Å². The summed E-state index contributed by atoms with van der Waals surface area (Å²) in [7, 11) is 1.47. The lowest BCUT2D eigenvalue weighted by Gasteiger charge is -2.27. The highest BCUT2D eigenvalue weighted by molar-refractivity contribution is 6.02. The Hall–Kier alpha value is -2.60. The van der Waals surface area contributed by atoms with E-state index in [4.69, 9.17) is 4.74 Å². The minimum absolute atomic E-state index is 0.0297. The molecule has 1 fully saturated rings. The van der Waals surface area contributed by atoms with Crippen molar-refractivity contribution >= 4 is 28.4 Å². The van der Waals surface area contributed by atoms with Crippen molar-refractivity contribution in [2.75, 3.05) is 32.1 Å². The van der Waals surface area contributed by atoms with Gasteiger partial charge < -0.3 is 10.1 Å². The van der Waals surface area contributed by atoms with Gasteiger partial charge in [0.1, 0.15) is 6.61 Å². The molecule has 1 aliphatic heterocycles. The fourth-order valence-corrected chi connectivity index (χ4v) is 2.79. The molecule has 1 N–H and O–H groups in total. The van der Waals surface area contributed by atoms with E-state index in [9.17, 15) is 9.59 Å². The molecule has 0 atom stereocenters. The first-order valence-corrected chi connectivity index (χ1v) is 7.56. The molecular formula is C17H19N3O3. The number of benzene rings is 2. The van der Waals surface area contributed by atoms with Gasteiger partial charge in [-0.3, -0.25) is 4.79 Å². The zero-order valence-corrected chi connectivity index (χ0v) is 13.0. The van der Waals surface area contributed by atoms with Crippen molar-refractivity contribution < 1.29 is 14.3 Å². The summed E-state index contributed by atoms with van der Waals surface area (Å²) in [6, 6.07) is 13.3. The van der Waals surface area contributed by atoms with Gasteiger partial charge in [-0.15, -0.1) is 0 Å². The van der Waals surface area contributed by atoms with Crippen LogP contribution >= 0.6 is 0 Å². The number of ether oxygens (including phenoxy) is 1. The number of nitrogens with zero attached hydrogens (tertiary/aromatic N) is 2. The zero-order chi connectivity index (χ0) is 16.2. The van der Waals surface area contributed by atoms with Gasteiger partial charge in [0, 0.05) is 25.6 Å². The quantitative estimate of drug-likeness (QED) is 0.947. The number of hydrogen-bond acceptors (Lipinski definition) is 3. The van der Waals surface area contributed by atoms with E-state index >= 15 is 0 Å². The number of carbonyl (C=O) groups excluding carboxylic acids is 2. The topological polar surface area (TPSA) is 61.9 Å². The lowest BCUT2D eigenvalue weighted by Crippen LogP contribution is -2.47. The molecule has 3 amide bonds. The first-order chi connectivity index (χ1) is 11.2. The third kappa shape index (κ3) is 3.12. The largest absolute Gasteiger partial charge is 0.375 e. The van der Waals surface area contributed by atoms with Gasteiger partial charge in [-0.05, 0) is 17.9 Å². The highest BCUT2D eigenvalue weighted by Gasteiger charge is 2.30. The van der Waals surface area contributed by atoms with Crippen LogP contribution in [0, 0.1) is 0 Å². The smallest absolute Gasteiger partial charge is 0.340 e. The predicted molar refractivity (Wildman–Crippen MR) is 87.9 cm³/mol. The third-order valence-corrected chi connectivity index (χ3v) is 3.85. The molecule has 6 heteroatoms. The summed E-state index contributed by atoms with van der Waals surface area (Å²) < 4.78 is 4.87. The second kappa shape index (κ2) is 6.66. The molecule has 2 aromatic rings. The molecule has 0 aromatic heterocycles. The standard InChI is InChI=1S/C17H19N3O3/c1-23-12-16(21)19-10-5-11-20(19)17(22)18-15-9-4-7-13-6-2-3-8-14(13)15/h2-4,6-9H,5,10-12H2,1H3,(H,18,22). The zero-order valence-electron chi connectivity index (χ0n) is 13.0. The summed E-state index contributed by atoms with van der Waals surface area (Å²) in [5, 5.41) is 7.83. The molecule has 0 radical (unpaired) electrons. The second-order valence-corrected chi connectivity index (χ2v) is 5.38. The number of carbonyl (C=O) groups is 2. The van der Waals surface area contributed by atoms with Gasteiger partial charge in [0.2, 0.25) is 0 Å². The van der Waals surface area contributed by atoms with Gasteiger partial charge in [-0.1, -0.05) is 36.4 Å². The molecule has 6 nitrogen and oxygen atoms in total. The van der Waals surface area contributed by atoms with Crippen LogP contribution in [0.1, 0.15) is 6.42 Å². The minimum atomic E-state index is -0.302. The maximum atomic E-state index is 12.6. The SMILES string of the molecule is COCC(=O)N1CCCN1C(=O)Nc1cccc2ccccc12. The summed E-state index contributed by atoms with van der Waals surface area (Å²) >= 11 is 0. The normalized spacial score (nSPS) is 14.3. The average Bonchev–Trinajstić information content (AvgIpc) is 3.05. The van der Waals surface area contributed by atoms with Crippen molar-refractivity contribution in [1.29, 1.82) is 0 Å². The summed E-state index contributed by atoms with van der Waals surface area (Å²) in [6.45, 7) is 1.02. The lowest BCUT2D eigenvalue weighted by atomic mass is 10.1. The maximum absolute atomic E-state index is 12.6. The fourth-order valence-electron chi connectivity index (χ4n) is 2.79. The van der Waals surface area contributed by atoms with E-state index in [1.54, 1.807) is 0 Å². The molecule has 1 aliphatic rings. The Kier molecular flexibility index (Phi) is 4.43. The Morgan fingerprint density at radius 3 is 2.65 bits per heavy atom. The number of methoxy groups -OCH3 is 1. The number of anilines is 1. The summed E-state index contributed by atoms with van der Waals surface area (Å²) in [6.07, 6.45) is 0.762. The average molecular weight is 313 g/mol. The molecule has 3 rings (SSSR count).